The highest BCUT2D eigenvalue weighted by Gasteiger charge is 2.18. The van der Waals surface area contributed by atoms with Crippen molar-refractivity contribution in [1.29, 1.82) is 0 Å². The lowest BCUT2D eigenvalue weighted by Gasteiger charge is -2.20. The molecule has 6 aromatic rings. The molecule has 0 aliphatic heterocycles. The molecule has 3 nitrogen and oxygen atoms in total. The average molecular weight is 881 g/mol. The lowest BCUT2D eigenvalue weighted by molar-refractivity contribution is 0.376. The van der Waals surface area contributed by atoms with Crippen molar-refractivity contribution >= 4 is 15.9 Å². The number of nitrogens with two attached hydrogens (primary N) is 1. The summed E-state index contributed by atoms with van der Waals surface area (Å²) in [4.78, 5) is 9.93. The van der Waals surface area contributed by atoms with E-state index in [1.54, 1.807) is 0 Å². The maximum Gasteiger partial charge on any atom is 0.107 e. The van der Waals surface area contributed by atoms with Gasteiger partial charge in [0.05, 0.1) is 11.4 Å². The van der Waals surface area contributed by atoms with E-state index in [-0.39, 0.29) is 0 Å². The van der Waals surface area contributed by atoms with E-state index >= 15 is 0 Å². The van der Waals surface area contributed by atoms with Gasteiger partial charge in [-0.15, -0.1) is 0 Å². The van der Waals surface area contributed by atoms with E-state index in [9.17, 15) is 0 Å². The number of pyridine rings is 2. The summed E-state index contributed by atoms with van der Waals surface area (Å²) in [6.07, 6.45) is 2.12. The molecule has 324 valence electrons. The van der Waals surface area contributed by atoms with Crippen LogP contribution in [-0.4, -0.2) is 16.5 Å². The van der Waals surface area contributed by atoms with E-state index in [1.807, 2.05) is 0 Å². The van der Waals surface area contributed by atoms with Crippen molar-refractivity contribution in [2.75, 3.05) is 6.54 Å². The second-order valence-corrected chi connectivity index (χ2v) is 21.0. The molecular weight excluding hydrogens is 807 g/mol. The van der Waals surface area contributed by atoms with E-state index in [0.717, 1.165) is 35.4 Å². The van der Waals surface area contributed by atoms with Gasteiger partial charge in [0.1, 0.15) is 4.60 Å². The van der Waals surface area contributed by atoms with Gasteiger partial charge in [0.25, 0.3) is 0 Å². The van der Waals surface area contributed by atoms with Crippen molar-refractivity contribution < 1.29 is 0 Å². The third kappa shape index (κ3) is 13.6. The molecule has 0 aliphatic rings. The Morgan fingerprint density at radius 2 is 0.705 bits per heavy atom. The summed E-state index contributed by atoms with van der Waals surface area (Å²) in [5.74, 6) is 0. The van der Waals surface area contributed by atoms with Crippen molar-refractivity contribution in [2.24, 2.45) is 16.6 Å². The first-order valence-electron chi connectivity index (χ1n) is 22.0. The third-order valence-electron chi connectivity index (χ3n) is 11.2. The SMILES string of the molecule is CC(C)(C)CN.Cc1cc(C)c(-c2cc(Br)nc(-c3c(C)cc(C)cc3C)c2)c(C)c1.Cc1cc(C)c(-c2cc(CCC(C)(C)C)nc(-c3c(C)cc(C)cc3C)c2)c(C)c1. The lowest BCUT2D eigenvalue weighted by Crippen LogP contribution is -2.18. The molecule has 0 radical (unpaired) electrons. The van der Waals surface area contributed by atoms with Crippen LogP contribution in [0.3, 0.4) is 0 Å². The van der Waals surface area contributed by atoms with Gasteiger partial charge in [0.15, 0.2) is 0 Å². The van der Waals surface area contributed by atoms with Gasteiger partial charge in [-0.2, -0.15) is 0 Å². The molecule has 4 aromatic carbocycles. The van der Waals surface area contributed by atoms with Crippen LogP contribution < -0.4 is 5.73 Å². The summed E-state index contributed by atoms with van der Waals surface area (Å²) in [6.45, 7) is 40.3. The van der Waals surface area contributed by atoms with Crippen LogP contribution in [-0.2, 0) is 6.42 Å². The number of aryl methyl sites for hydroxylation is 13. The molecule has 0 saturated heterocycles. The minimum atomic E-state index is 0.295. The van der Waals surface area contributed by atoms with Crippen LogP contribution in [0.1, 0.15) is 120 Å². The van der Waals surface area contributed by atoms with E-state index in [2.05, 4.69) is 213 Å². The molecule has 2 N–H and O–H groups in total. The Morgan fingerprint density at radius 1 is 0.410 bits per heavy atom. The van der Waals surface area contributed by atoms with Crippen LogP contribution in [0.15, 0.2) is 77.4 Å². The summed E-state index contributed by atoms with van der Waals surface area (Å²) >= 11 is 3.62. The molecule has 6 rings (SSSR count). The van der Waals surface area contributed by atoms with Crippen molar-refractivity contribution in [2.45, 2.75) is 137 Å². The Hall–Kier alpha value is -4.38. The fourth-order valence-corrected chi connectivity index (χ4v) is 9.14. The van der Waals surface area contributed by atoms with Gasteiger partial charge in [-0.05, 0) is 220 Å². The summed E-state index contributed by atoms with van der Waals surface area (Å²) in [6, 6.07) is 27.0. The predicted octanol–water partition coefficient (Wildman–Crippen LogP) is 16.3. The summed E-state index contributed by atoms with van der Waals surface area (Å²) in [7, 11) is 0. The van der Waals surface area contributed by atoms with Crippen LogP contribution >= 0.6 is 15.9 Å². The van der Waals surface area contributed by atoms with Crippen LogP contribution in [0, 0.1) is 93.9 Å². The molecule has 0 unspecified atom stereocenters. The zero-order valence-corrected chi connectivity index (χ0v) is 42.5. The maximum atomic E-state index is 5.31. The molecule has 0 fully saturated rings. The highest BCUT2D eigenvalue weighted by molar-refractivity contribution is 9.10. The first kappa shape index (κ1) is 49.3. The number of rotatable bonds is 6. The zero-order valence-electron chi connectivity index (χ0n) is 40.9. The van der Waals surface area contributed by atoms with Crippen LogP contribution in [0.25, 0.3) is 44.8 Å². The molecule has 61 heavy (non-hydrogen) atoms. The number of halogens is 1. The molecule has 0 aliphatic carbocycles. The Balaban J connectivity index is 0.000000240. The lowest BCUT2D eigenvalue weighted by atomic mass is 9.88. The molecule has 0 spiro atoms. The van der Waals surface area contributed by atoms with Crippen LogP contribution in [0.4, 0.5) is 0 Å². The second kappa shape index (κ2) is 20.2. The molecule has 4 heteroatoms. The first-order valence-corrected chi connectivity index (χ1v) is 22.8. The van der Waals surface area contributed by atoms with Crippen LogP contribution in [0.5, 0.6) is 0 Å². The van der Waals surface area contributed by atoms with Gasteiger partial charge in [0.2, 0.25) is 0 Å². The Labute approximate surface area is 379 Å². The van der Waals surface area contributed by atoms with Gasteiger partial charge < -0.3 is 5.73 Å². The highest BCUT2D eigenvalue weighted by atomic mass is 79.9. The van der Waals surface area contributed by atoms with E-state index in [4.69, 9.17) is 15.7 Å². The smallest absolute Gasteiger partial charge is 0.107 e. The van der Waals surface area contributed by atoms with Crippen molar-refractivity contribution in [3.63, 3.8) is 0 Å². The van der Waals surface area contributed by atoms with Gasteiger partial charge in [0, 0.05) is 16.8 Å². The largest absolute Gasteiger partial charge is 0.330 e. The average Bonchev–Trinajstić information content (AvgIpc) is 3.09. The minimum absolute atomic E-state index is 0.295. The molecule has 0 amide bonds. The molecule has 2 aromatic heterocycles. The standard InChI is InChI=1S/C29H37N.C23H24BrN.C5H13N/c1-18-12-20(3)27(21(4)13-18)24-16-25(10-11-29(7,8)9)30-26(17-24)28-22(5)14-19(2)15-23(28)6;1-13-7-15(3)22(16(4)8-13)19-11-20(25-21(24)12-19)23-17(5)9-14(2)10-18(23)6;1-5(2,3)4-6/h12-17H,10-11H2,1-9H3;7-12H,1-6H3;4,6H2,1-3H3. The quantitative estimate of drug-likeness (QED) is 0.170. The van der Waals surface area contributed by atoms with E-state index in [1.165, 1.54) is 106 Å². The Kier molecular flexibility index (Phi) is 16.3. The number of hydrogen-bond acceptors (Lipinski definition) is 3. The van der Waals surface area contributed by atoms with Gasteiger partial charge in [-0.1, -0.05) is 112 Å². The molecule has 0 atom stereocenters. The van der Waals surface area contributed by atoms with Crippen LogP contribution in [0.2, 0.25) is 0 Å². The van der Waals surface area contributed by atoms with Gasteiger partial charge >= 0.3 is 0 Å². The normalized spacial score (nSPS) is 11.5. The number of hydrogen-bond donors (Lipinski definition) is 1. The van der Waals surface area contributed by atoms with E-state index < -0.39 is 0 Å². The minimum Gasteiger partial charge on any atom is -0.330 e. The topological polar surface area (TPSA) is 51.8 Å². The van der Waals surface area contributed by atoms with Crippen molar-refractivity contribution in [3.8, 4) is 44.8 Å². The van der Waals surface area contributed by atoms with Crippen molar-refractivity contribution in [3.05, 3.63) is 150 Å². The molecular formula is C57H74BrN3. The zero-order chi connectivity index (χ0) is 45.7. The highest BCUT2D eigenvalue weighted by Crippen LogP contribution is 2.37. The maximum absolute atomic E-state index is 5.31. The fraction of sp³-hybridized carbons (Fsp3) is 0.404. The Bertz CT molecular complexity index is 2260. The summed E-state index contributed by atoms with van der Waals surface area (Å²) in [5, 5.41) is 0. The molecule has 2 heterocycles. The number of benzene rings is 4. The fourth-order valence-electron chi connectivity index (χ4n) is 8.70. The molecule has 0 bridgehead atoms. The first-order chi connectivity index (χ1) is 28.3. The summed E-state index contributed by atoms with van der Waals surface area (Å²) in [5.41, 5.74) is 32.6. The third-order valence-corrected chi connectivity index (χ3v) is 11.6. The monoisotopic (exact) mass is 880 g/mol. The number of nitrogens with zero attached hydrogens (tertiary/aromatic N) is 2. The van der Waals surface area contributed by atoms with Gasteiger partial charge in [-0.25, -0.2) is 4.98 Å². The number of aromatic nitrogens is 2. The second-order valence-electron chi connectivity index (χ2n) is 20.2. The molecule has 0 saturated carbocycles. The predicted molar refractivity (Wildman–Crippen MR) is 271 cm³/mol. The van der Waals surface area contributed by atoms with Crippen molar-refractivity contribution in [1.82, 2.24) is 9.97 Å². The van der Waals surface area contributed by atoms with Gasteiger partial charge in [-0.3, -0.25) is 4.98 Å². The summed E-state index contributed by atoms with van der Waals surface area (Å²) < 4.78 is 0.874. The van der Waals surface area contributed by atoms with E-state index in [0.29, 0.717) is 10.8 Å². The Morgan fingerprint density at radius 3 is 1.02 bits per heavy atom.